The van der Waals surface area contributed by atoms with E-state index in [9.17, 15) is 61.0 Å². The van der Waals surface area contributed by atoms with E-state index in [1.54, 1.807) is 0 Å². The van der Waals surface area contributed by atoms with Gasteiger partial charge in [-0.3, -0.25) is 4.79 Å². The van der Waals surface area contributed by atoms with Crippen LogP contribution in [-0.2, 0) is 14.2 Å². The van der Waals surface area contributed by atoms with E-state index < -0.39 is 125 Å². The molecule has 2 aliphatic heterocycles. The summed E-state index contributed by atoms with van der Waals surface area (Å²) in [6.07, 6.45) is -16.5. The van der Waals surface area contributed by atoms with Gasteiger partial charge in [0.25, 0.3) is 0 Å². The smallest absolute Gasteiger partial charge is 0.239 e. The molecule has 11 N–H and O–H groups in total. The van der Waals surface area contributed by atoms with Crippen molar-refractivity contribution in [1.29, 1.82) is 0 Å². The summed E-state index contributed by atoms with van der Waals surface area (Å²) in [7, 11) is 0. The molecule has 240 valence electrons. The van der Waals surface area contributed by atoms with Crippen molar-refractivity contribution in [2.24, 2.45) is 0 Å². The number of phenolic OH excluding ortho intramolecular Hbond substituents is 5. The summed E-state index contributed by atoms with van der Waals surface area (Å²) in [5, 5.41) is 112. The Hall–Kier alpha value is -3.91. The average molecular weight is 627 g/mol. The minimum absolute atomic E-state index is 0.138. The summed E-state index contributed by atoms with van der Waals surface area (Å²) >= 11 is 0. The van der Waals surface area contributed by atoms with Crippen LogP contribution in [0.2, 0.25) is 0 Å². The van der Waals surface area contributed by atoms with E-state index in [0.29, 0.717) is 6.07 Å². The van der Waals surface area contributed by atoms with Crippen molar-refractivity contribution in [3.05, 3.63) is 34.5 Å². The number of fused-ring (bicyclic) bond motifs is 1. The van der Waals surface area contributed by atoms with Gasteiger partial charge in [-0.25, -0.2) is 0 Å². The molecule has 0 bridgehead atoms. The molecule has 5 unspecified atom stereocenters. The predicted molar refractivity (Wildman–Crippen MR) is 142 cm³/mol. The molecule has 2 aliphatic rings. The zero-order chi connectivity index (χ0) is 32.2. The van der Waals surface area contributed by atoms with Crippen molar-refractivity contribution < 1.29 is 79.5 Å². The van der Waals surface area contributed by atoms with Crippen LogP contribution in [-0.4, -0.2) is 124 Å². The zero-order valence-electron chi connectivity index (χ0n) is 22.7. The van der Waals surface area contributed by atoms with Gasteiger partial charge in [-0.1, -0.05) is 0 Å². The largest absolute Gasteiger partial charge is 0.507 e. The van der Waals surface area contributed by atoms with Gasteiger partial charge in [0.05, 0.1) is 12.7 Å². The SMILES string of the molecule is CC1O[C@@H](OCC2O[C@@H](Oc3c(-c4ccc(O)c(O)c4)oc4c(O)c(O)cc(O)c4c3=O)C(O)C(O)[C@@H]2O)C(O)[C@@H](O)[C@H]1O. The Morgan fingerprint density at radius 2 is 1.39 bits per heavy atom. The fraction of sp³-hybridized carbons (Fsp3) is 0.444. The van der Waals surface area contributed by atoms with Crippen LogP contribution >= 0.6 is 0 Å². The molecular weight excluding hydrogens is 596 g/mol. The molecule has 3 aromatic rings. The standard InChI is InChI=1S/C27H30O17/c1-7-15(32)19(36)21(38)26(41-7)40-6-13-17(34)20(37)22(39)27(42-13)44-25-18(35)14-11(30)5-12(31)16(33)24(14)43-23(25)8-2-3-9(28)10(29)4-8/h2-5,7,13,15,17,19-22,26-34,36-39H,6H2,1H3/t7?,13?,15-,17+,19-,20?,21?,22?,26+,27-/m0/s1. The van der Waals surface area contributed by atoms with E-state index in [4.69, 9.17) is 23.4 Å². The molecule has 10 atom stereocenters. The number of hydrogen-bond acceptors (Lipinski definition) is 17. The number of phenols is 5. The first kappa shape index (κ1) is 31.5. The Morgan fingerprint density at radius 3 is 2.07 bits per heavy atom. The van der Waals surface area contributed by atoms with Crippen LogP contribution < -0.4 is 10.2 Å². The van der Waals surface area contributed by atoms with Gasteiger partial charge in [-0.15, -0.1) is 0 Å². The highest BCUT2D eigenvalue weighted by Crippen LogP contribution is 2.43. The second kappa shape index (κ2) is 11.9. The summed E-state index contributed by atoms with van der Waals surface area (Å²) in [6.45, 7) is 0.770. The first-order valence-corrected chi connectivity index (χ1v) is 13.2. The Bertz CT molecular complexity index is 1590. The molecule has 1 aromatic heterocycles. The fourth-order valence-electron chi connectivity index (χ4n) is 4.88. The molecule has 3 heterocycles. The third-order valence-electron chi connectivity index (χ3n) is 7.43. The van der Waals surface area contributed by atoms with Crippen LogP contribution in [0.3, 0.4) is 0 Å². The number of aliphatic hydroxyl groups excluding tert-OH is 6. The normalized spacial score (nSPS) is 32.5. The number of rotatable bonds is 6. The minimum atomic E-state index is -2.02. The second-order valence-electron chi connectivity index (χ2n) is 10.4. The lowest BCUT2D eigenvalue weighted by Crippen LogP contribution is -2.61. The van der Waals surface area contributed by atoms with Gasteiger partial charge in [0.2, 0.25) is 23.2 Å². The molecule has 0 saturated carbocycles. The van der Waals surface area contributed by atoms with Crippen molar-refractivity contribution >= 4 is 11.0 Å². The topological polar surface area (TPSA) is 290 Å². The Kier molecular flexibility index (Phi) is 8.51. The minimum Gasteiger partial charge on any atom is -0.507 e. The van der Waals surface area contributed by atoms with E-state index in [-0.39, 0.29) is 5.56 Å². The summed E-state index contributed by atoms with van der Waals surface area (Å²) < 4.78 is 27.6. The van der Waals surface area contributed by atoms with Crippen LogP contribution in [0.25, 0.3) is 22.3 Å². The van der Waals surface area contributed by atoms with Crippen LogP contribution in [0, 0.1) is 0 Å². The highest BCUT2D eigenvalue weighted by Gasteiger charge is 2.48. The van der Waals surface area contributed by atoms with Crippen molar-refractivity contribution in [1.82, 2.24) is 0 Å². The molecule has 2 saturated heterocycles. The van der Waals surface area contributed by atoms with Crippen molar-refractivity contribution in [2.75, 3.05) is 6.61 Å². The predicted octanol–water partition coefficient (Wildman–Crippen LogP) is -1.98. The third-order valence-corrected chi connectivity index (χ3v) is 7.43. The molecule has 0 spiro atoms. The molecule has 44 heavy (non-hydrogen) atoms. The zero-order valence-corrected chi connectivity index (χ0v) is 22.7. The second-order valence-corrected chi connectivity index (χ2v) is 10.4. The highest BCUT2D eigenvalue weighted by molar-refractivity contribution is 5.93. The molecule has 17 heteroatoms. The fourth-order valence-corrected chi connectivity index (χ4v) is 4.88. The summed E-state index contributed by atoms with van der Waals surface area (Å²) in [4.78, 5) is 13.6. The van der Waals surface area contributed by atoms with E-state index in [2.05, 4.69) is 0 Å². The van der Waals surface area contributed by atoms with Crippen LogP contribution in [0.4, 0.5) is 0 Å². The van der Waals surface area contributed by atoms with Crippen molar-refractivity contribution in [2.45, 2.75) is 68.3 Å². The lowest BCUT2D eigenvalue weighted by Gasteiger charge is -2.42. The number of ether oxygens (including phenoxy) is 4. The Labute approximate surface area is 246 Å². The Balaban J connectivity index is 1.50. The molecule has 0 aliphatic carbocycles. The number of aliphatic hydroxyl groups is 6. The van der Waals surface area contributed by atoms with Gasteiger partial charge in [-0.2, -0.15) is 0 Å². The Morgan fingerprint density at radius 1 is 0.727 bits per heavy atom. The number of hydrogen-bond donors (Lipinski definition) is 11. The van der Waals surface area contributed by atoms with Gasteiger partial charge < -0.3 is 79.5 Å². The molecule has 0 radical (unpaired) electrons. The van der Waals surface area contributed by atoms with E-state index >= 15 is 0 Å². The first-order valence-electron chi connectivity index (χ1n) is 13.2. The number of aromatic hydroxyl groups is 5. The summed E-state index contributed by atoms with van der Waals surface area (Å²) in [6, 6.07) is 3.79. The highest BCUT2D eigenvalue weighted by atomic mass is 16.7. The molecule has 5 rings (SSSR count). The lowest BCUT2D eigenvalue weighted by molar-refractivity contribution is -0.318. The van der Waals surface area contributed by atoms with Crippen LogP contribution in [0.15, 0.2) is 33.5 Å². The van der Waals surface area contributed by atoms with Gasteiger partial charge in [0, 0.05) is 11.6 Å². The maximum absolute atomic E-state index is 13.6. The van der Waals surface area contributed by atoms with Gasteiger partial charge >= 0.3 is 0 Å². The van der Waals surface area contributed by atoms with E-state index in [0.717, 1.165) is 12.1 Å². The van der Waals surface area contributed by atoms with Crippen molar-refractivity contribution in [3.63, 3.8) is 0 Å². The molecular formula is C27H30O17. The van der Waals surface area contributed by atoms with Gasteiger partial charge in [0.15, 0.2) is 34.9 Å². The molecule has 17 nitrogen and oxygen atoms in total. The molecule has 2 aromatic carbocycles. The summed E-state index contributed by atoms with van der Waals surface area (Å²) in [5.41, 5.74) is -2.01. The maximum atomic E-state index is 13.6. The third kappa shape index (κ3) is 5.45. The maximum Gasteiger partial charge on any atom is 0.239 e. The number of benzene rings is 2. The van der Waals surface area contributed by atoms with Crippen LogP contribution in [0.5, 0.6) is 34.5 Å². The average Bonchev–Trinajstić information content (AvgIpc) is 2.98. The molecule has 2 fully saturated rings. The van der Waals surface area contributed by atoms with Crippen LogP contribution in [0.1, 0.15) is 6.92 Å². The van der Waals surface area contributed by atoms with E-state index in [1.807, 2.05) is 0 Å². The lowest BCUT2D eigenvalue weighted by atomic mass is 9.98. The quantitative estimate of drug-likeness (QED) is 0.104. The summed E-state index contributed by atoms with van der Waals surface area (Å²) in [5.74, 6) is -5.19. The van der Waals surface area contributed by atoms with Crippen molar-refractivity contribution in [3.8, 4) is 45.8 Å². The van der Waals surface area contributed by atoms with Gasteiger partial charge in [-0.05, 0) is 25.1 Å². The van der Waals surface area contributed by atoms with E-state index in [1.165, 1.54) is 13.0 Å². The molecule has 0 amide bonds. The first-order chi connectivity index (χ1) is 20.7. The van der Waals surface area contributed by atoms with Gasteiger partial charge in [0.1, 0.15) is 53.9 Å². The monoisotopic (exact) mass is 626 g/mol.